The standard InChI is InChI=1S/C15H27NO6/c1-3-12(19)16-9-7-5-4-6-8-11(18)14(21)15(22)13(20)10(2)17/h3,10,13-15,17,20-22H,1,4-9H2,2H3,(H,16,19)/t10-,13+,14+,15+/m0/s1. The van der Waals surface area contributed by atoms with E-state index in [9.17, 15) is 24.9 Å². The summed E-state index contributed by atoms with van der Waals surface area (Å²) < 4.78 is 0. The molecule has 0 spiro atoms. The minimum Gasteiger partial charge on any atom is -0.391 e. The Kier molecular flexibility index (Phi) is 10.7. The molecule has 0 unspecified atom stereocenters. The van der Waals surface area contributed by atoms with Crippen molar-refractivity contribution in [2.45, 2.75) is 63.4 Å². The smallest absolute Gasteiger partial charge is 0.243 e. The molecule has 7 nitrogen and oxygen atoms in total. The summed E-state index contributed by atoms with van der Waals surface area (Å²) in [5.74, 6) is -0.781. The van der Waals surface area contributed by atoms with Gasteiger partial charge in [-0.2, -0.15) is 0 Å². The van der Waals surface area contributed by atoms with Crippen molar-refractivity contribution in [3.8, 4) is 0 Å². The van der Waals surface area contributed by atoms with Crippen LogP contribution in [0.5, 0.6) is 0 Å². The van der Waals surface area contributed by atoms with Gasteiger partial charge in [0.15, 0.2) is 5.78 Å². The zero-order valence-electron chi connectivity index (χ0n) is 12.9. The molecule has 7 heteroatoms. The van der Waals surface area contributed by atoms with Gasteiger partial charge in [-0.15, -0.1) is 0 Å². The molecule has 0 radical (unpaired) electrons. The van der Waals surface area contributed by atoms with Gasteiger partial charge in [0.25, 0.3) is 0 Å². The topological polar surface area (TPSA) is 127 Å². The molecule has 0 aliphatic heterocycles. The number of unbranched alkanes of at least 4 members (excludes halogenated alkanes) is 3. The number of Topliss-reactive ketones (excluding diaryl/α,β-unsaturated/α-hetero) is 1. The molecule has 0 saturated carbocycles. The van der Waals surface area contributed by atoms with Gasteiger partial charge in [-0.1, -0.05) is 19.4 Å². The Labute approximate surface area is 130 Å². The van der Waals surface area contributed by atoms with Gasteiger partial charge in [-0.3, -0.25) is 9.59 Å². The normalized spacial score (nSPS) is 16.4. The van der Waals surface area contributed by atoms with Crippen LogP contribution in [0.2, 0.25) is 0 Å². The molecule has 0 bridgehead atoms. The number of aliphatic hydroxyl groups excluding tert-OH is 4. The van der Waals surface area contributed by atoms with Crippen LogP contribution >= 0.6 is 0 Å². The third kappa shape index (κ3) is 8.23. The van der Waals surface area contributed by atoms with Gasteiger partial charge in [0, 0.05) is 13.0 Å². The minimum atomic E-state index is -1.70. The predicted molar refractivity (Wildman–Crippen MR) is 81.0 cm³/mol. The number of aliphatic hydroxyl groups is 4. The Morgan fingerprint density at radius 1 is 1.05 bits per heavy atom. The number of nitrogens with one attached hydrogen (secondary N) is 1. The molecule has 0 heterocycles. The summed E-state index contributed by atoms with van der Waals surface area (Å²) in [6.07, 6.45) is -2.01. The number of rotatable bonds is 12. The number of ketones is 1. The summed E-state index contributed by atoms with van der Waals surface area (Å²) in [5, 5.41) is 40.3. The molecule has 22 heavy (non-hydrogen) atoms. The van der Waals surface area contributed by atoms with Crippen LogP contribution in [0, 0.1) is 0 Å². The lowest BCUT2D eigenvalue weighted by Crippen LogP contribution is -2.46. The second kappa shape index (κ2) is 11.3. The molecule has 0 aliphatic carbocycles. The molecule has 0 aromatic carbocycles. The number of hydrogen-bond acceptors (Lipinski definition) is 6. The number of amides is 1. The molecular weight excluding hydrogens is 290 g/mol. The first-order chi connectivity index (χ1) is 10.3. The van der Waals surface area contributed by atoms with E-state index in [1.54, 1.807) is 0 Å². The van der Waals surface area contributed by atoms with Crippen molar-refractivity contribution < 1.29 is 30.0 Å². The van der Waals surface area contributed by atoms with Gasteiger partial charge >= 0.3 is 0 Å². The molecule has 128 valence electrons. The van der Waals surface area contributed by atoms with E-state index in [2.05, 4.69) is 11.9 Å². The number of hydrogen-bond donors (Lipinski definition) is 5. The summed E-state index contributed by atoms with van der Waals surface area (Å²) >= 11 is 0. The molecule has 0 aromatic rings. The first-order valence-electron chi connectivity index (χ1n) is 7.46. The average Bonchev–Trinajstić information content (AvgIpc) is 2.50. The van der Waals surface area contributed by atoms with Crippen LogP contribution in [0.15, 0.2) is 12.7 Å². The first kappa shape index (κ1) is 20.7. The van der Waals surface area contributed by atoms with Crippen molar-refractivity contribution in [2.75, 3.05) is 6.54 Å². The van der Waals surface area contributed by atoms with Gasteiger partial charge in [0.05, 0.1) is 6.10 Å². The van der Waals surface area contributed by atoms with Gasteiger partial charge in [0.1, 0.15) is 18.3 Å². The molecule has 5 N–H and O–H groups in total. The largest absolute Gasteiger partial charge is 0.391 e. The lowest BCUT2D eigenvalue weighted by molar-refractivity contribution is -0.143. The van der Waals surface area contributed by atoms with E-state index in [1.165, 1.54) is 13.0 Å². The third-order valence-corrected chi connectivity index (χ3v) is 3.33. The van der Waals surface area contributed by atoms with Crippen molar-refractivity contribution in [3.63, 3.8) is 0 Å². The summed E-state index contributed by atoms with van der Waals surface area (Å²) in [6.45, 7) is 5.14. The van der Waals surface area contributed by atoms with Crippen LogP contribution in [0.3, 0.4) is 0 Å². The molecule has 0 aromatic heterocycles. The molecule has 4 atom stereocenters. The van der Waals surface area contributed by atoms with Crippen molar-refractivity contribution in [2.24, 2.45) is 0 Å². The van der Waals surface area contributed by atoms with Crippen LogP contribution in [-0.4, -0.2) is 63.1 Å². The maximum Gasteiger partial charge on any atom is 0.243 e. The predicted octanol–water partition coefficient (Wildman–Crippen LogP) is -0.728. The lowest BCUT2D eigenvalue weighted by atomic mass is 9.98. The van der Waals surface area contributed by atoms with E-state index >= 15 is 0 Å². The highest BCUT2D eigenvalue weighted by Gasteiger charge is 2.32. The minimum absolute atomic E-state index is 0.0871. The van der Waals surface area contributed by atoms with Crippen molar-refractivity contribution in [3.05, 3.63) is 12.7 Å². The van der Waals surface area contributed by atoms with Crippen LogP contribution in [0.25, 0.3) is 0 Å². The van der Waals surface area contributed by atoms with Crippen LogP contribution in [-0.2, 0) is 9.59 Å². The van der Waals surface area contributed by atoms with E-state index in [4.69, 9.17) is 5.11 Å². The molecule has 0 fully saturated rings. The fourth-order valence-electron chi connectivity index (χ4n) is 1.87. The summed E-state index contributed by atoms with van der Waals surface area (Å²) in [5.41, 5.74) is 0. The highest BCUT2D eigenvalue weighted by atomic mass is 16.4. The van der Waals surface area contributed by atoms with E-state index in [0.29, 0.717) is 13.0 Å². The van der Waals surface area contributed by atoms with Crippen LogP contribution < -0.4 is 5.32 Å². The zero-order chi connectivity index (χ0) is 17.1. The maximum atomic E-state index is 11.7. The molecule has 0 aliphatic rings. The van der Waals surface area contributed by atoms with Gasteiger partial charge in [-0.05, 0) is 25.8 Å². The van der Waals surface area contributed by atoms with E-state index in [1.807, 2.05) is 0 Å². The Balaban J connectivity index is 3.80. The Hall–Kier alpha value is -1.28. The number of carbonyl (C=O) groups is 2. The Bertz CT molecular complexity index is 358. The van der Waals surface area contributed by atoms with Gasteiger partial charge in [-0.25, -0.2) is 0 Å². The second-order valence-corrected chi connectivity index (χ2v) is 5.29. The highest BCUT2D eigenvalue weighted by molar-refractivity contribution is 5.86. The second-order valence-electron chi connectivity index (χ2n) is 5.29. The fourth-order valence-corrected chi connectivity index (χ4v) is 1.87. The van der Waals surface area contributed by atoms with Crippen molar-refractivity contribution >= 4 is 11.7 Å². The van der Waals surface area contributed by atoms with Gasteiger partial charge < -0.3 is 25.7 Å². The lowest BCUT2D eigenvalue weighted by Gasteiger charge is -2.23. The Morgan fingerprint density at radius 2 is 1.64 bits per heavy atom. The van der Waals surface area contributed by atoms with E-state index in [-0.39, 0.29) is 12.3 Å². The quantitative estimate of drug-likeness (QED) is 0.239. The van der Waals surface area contributed by atoms with Crippen LogP contribution in [0.1, 0.15) is 39.0 Å². The van der Waals surface area contributed by atoms with Crippen molar-refractivity contribution in [1.29, 1.82) is 0 Å². The van der Waals surface area contributed by atoms with Crippen LogP contribution in [0.4, 0.5) is 0 Å². The number of carbonyl (C=O) groups excluding carboxylic acids is 2. The maximum absolute atomic E-state index is 11.7. The molecule has 1 amide bonds. The molecule has 0 rings (SSSR count). The summed E-state index contributed by atoms with van der Waals surface area (Å²) in [4.78, 5) is 22.5. The zero-order valence-corrected chi connectivity index (χ0v) is 12.9. The fraction of sp³-hybridized carbons (Fsp3) is 0.733. The average molecular weight is 317 g/mol. The van der Waals surface area contributed by atoms with Gasteiger partial charge in [0.2, 0.25) is 5.91 Å². The molecule has 0 saturated heterocycles. The summed E-state index contributed by atoms with van der Waals surface area (Å²) in [6, 6.07) is 0. The third-order valence-electron chi connectivity index (χ3n) is 3.33. The van der Waals surface area contributed by atoms with Crippen molar-refractivity contribution in [1.82, 2.24) is 5.32 Å². The highest BCUT2D eigenvalue weighted by Crippen LogP contribution is 2.10. The molecular formula is C15H27NO6. The monoisotopic (exact) mass is 317 g/mol. The first-order valence-corrected chi connectivity index (χ1v) is 7.46. The summed E-state index contributed by atoms with van der Waals surface area (Å²) in [7, 11) is 0. The van der Waals surface area contributed by atoms with E-state index in [0.717, 1.165) is 19.3 Å². The SMILES string of the molecule is C=CC(=O)NCCCCCCC(=O)[C@@H](O)[C@H](O)[C@H](O)[C@H](C)O. The Morgan fingerprint density at radius 3 is 2.18 bits per heavy atom. The van der Waals surface area contributed by atoms with E-state index < -0.39 is 30.2 Å².